The van der Waals surface area contributed by atoms with Crippen molar-refractivity contribution in [1.29, 1.82) is 0 Å². The molecule has 0 aliphatic carbocycles. The molecule has 2 fully saturated rings. The second-order valence-electron chi connectivity index (χ2n) is 8.82. The van der Waals surface area contributed by atoms with E-state index in [0.717, 1.165) is 61.9 Å². The first-order valence-corrected chi connectivity index (χ1v) is 11.8. The number of nitrogens with zero attached hydrogens (tertiary/aromatic N) is 7. The van der Waals surface area contributed by atoms with Crippen molar-refractivity contribution in [1.82, 2.24) is 30.0 Å². The van der Waals surface area contributed by atoms with Gasteiger partial charge in [0.25, 0.3) is 0 Å². The largest absolute Gasteiger partial charge is 0.357 e. The third-order valence-electron chi connectivity index (χ3n) is 6.46. The van der Waals surface area contributed by atoms with E-state index in [4.69, 9.17) is 14.5 Å². The van der Waals surface area contributed by atoms with Gasteiger partial charge < -0.3 is 14.3 Å². The Morgan fingerprint density at radius 1 is 1.06 bits per heavy atom. The summed E-state index contributed by atoms with van der Waals surface area (Å²) in [7, 11) is 0. The molecule has 0 atom stereocenters. The number of anilines is 1. The molecule has 5 rings (SSSR count). The fourth-order valence-corrected chi connectivity index (χ4v) is 4.60. The molecule has 2 aliphatic heterocycles. The van der Waals surface area contributed by atoms with Crippen molar-refractivity contribution in [2.75, 3.05) is 31.1 Å². The van der Waals surface area contributed by atoms with Gasteiger partial charge in [0.05, 0.1) is 0 Å². The van der Waals surface area contributed by atoms with Gasteiger partial charge >= 0.3 is 0 Å². The van der Waals surface area contributed by atoms with E-state index in [-0.39, 0.29) is 5.91 Å². The van der Waals surface area contributed by atoms with E-state index in [1.807, 2.05) is 24.0 Å². The van der Waals surface area contributed by atoms with E-state index in [1.165, 1.54) is 12.8 Å². The molecule has 1 amide bonds. The molecule has 33 heavy (non-hydrogen) atoms. The van der Waals surface area contributed by atoms with Gasteiger partial charge in [0, 0.05) is 74.7 Å². The molecular weight excluding hydrogens is 418 g/mol. The third kappa shape index (κ3) is 5.02. The Labute approximate surface area is 193 Å². The highest BCUT2D eigenvalue weighted by atomic mass is 16.5. The Bertz CT molecular complexity index is 1090. The number of pyridine rings is 1. The van der Waals surface area contributed by atoms with Crippen LogP contribution in [0.1, 0.15) is 55.4 Å². The molecule has 3 aromatic rings. The zero-order valence-electron chi connectivity index (χ0n) is 19.0. The number of piperidine rings is 1. The maximum atomic E-state index is 12.8. The second-order valence-corrected chi connectivity index (χ2v) is 8.82. The molecule has 3 aromatic heterocycles. The normalized spacial score (nSPS) is 17.0. The van der Waals surface area contributed by atoms with E-state index in [2.05, 4.69) is 26.1 Å². The van der Waals surface area contributed by atoms with Crippen LogP contribution in [0, 0.1) is 6.92 Å². The molecule has 0 spiro atoms. The summed E-state index contributed by atoms with van der Waals surface area (Å²) in [4.78, 5) is 35.1. The summed E-state index contributed by atoms with van der Waals surface area (Å²) in [6.07, 6.45) is 8.42. The molecule has 9 nitrogen and oxygen atoms in total. The zero-order chi connectivity index (χ0) is 22.6. The predicted molar refractivity (Wildman–Crippen MR) is 123 cm³/mol. The number of amides is 1. The van der Waals surface area contributed by atoms with Gasteiger partial charge in [0.2, 0.25) is 17.6 Å². The van der Waals surface area contributed by atoms with Crippen molar-refractivity contribution in [3.8, 4) is 11.4 Å². The first-order valence-electron chi connectivity index (χ1n) is 11.8. The second kappa shape index (κ2) is 9.64. The van der Waals surface area contributed by atoms with Gasteiger partial charge in [-0.3, -0.25) is 9.78 Å². The summed E-state index contributed by atoms with van der Waals surface area (Å²) in [5.74, 6) is 3.41. The van der Waals surface area contributed by atoms with E-state index < -0.39 is 0 Å². The zero-order valence-corrected chi connectivity index (χ0v) is 19.0. The van der Waals surface area contributed by atoms with Gasteiger partial charge in [-0.1, -0.05) is 5.16 Å². The van der Waals surface area contributed by atoms with E-state index in [1.54, 1.807) is 12.4 Å². The van der Waals surface area contributed by atoms with Gasteiger partial charge in [0.1, 0.15) is 11.6 Å². The van der Waals surface area contributed by atoms with Crippen LogP contribution in [-0.2, 0) is 11.2 Å². The van der Waals surface area contributed by atoms with Crippen LogP contribution in [0.4, 0.5) is 5.82 Å². The smallest absolute Gasteiger partial charge is 0.227 e. The highest BCUT2D eigenvalue weighted by molar-refractivity contribution is 5.76. The number of aryl methyl sites for hydroxylation is 2. The summed E-state index contributed by atoms with van der Waals surface area (Å²) in [5.41, 5.74) is 1.87. The predicted octanol–water partition coefficient (Wildman–Crippen LogP) is 3.17. The van der Waals surface area contributed by atoms with E-state index >= 15 is 0 Å². The number of rotatable bonds is 6. The van der Waals surface area contributed by atoms with Crippen molar-refractivity contribution in [3.05, 3.63) is 48.0 Å². The standard InChI is InChI=1S/C24H29N7O2/c1-17-16-20(30-12-2-3-13-30)27-23(26-17)19-8-14-31(15-9-19)22(32)5-4-21-28-24(29-33-21)18-6-10-25-11-7-18/h6-7,10-11,16,19H,2-5,8-9,12-15H2,1H3. The minimum absolute atomic E-state index is 0.125. The van der Waals surface area contributed by atoms with Crippen LogP contribution in [0.25, 0.3) is 11.4 Å². The average Bonchev–Trinajstić information content (AvgIpc) is 3.56. The lowest BCUT2D eigenvalue weighted by Crippen LogP contribution is -2.38. The topological polar surface area (TPSA) is 101 Å². The first kappa shape index (κ1) is 21.5. The van der Waals surface area contributed by atoms with Gasteiger partial charge in [-0.2, -0.15) is 4.98 Å². The molecule has 0 unspecified atom stereocenters. The monoisotopic (exact) mass is 447 g/mol. The quantitative estimate of drug-likeness (QED) is 0.568. The van der Waals surface area contributed by atoms with Gasteiger partial charge in [-0.05, 0) is 44.7 Å². The average molecular weight is 448 g/mol. The van der Waals surface area contributed by atoms with Gasteiger partial charge in [-0.25, -0.2) is 9.97 Å². The number of hydrogen-bond acceptors (Lipinski definition) is 8. The molecule has 0 N–H and O–H groups in total. The van der Waals surface area contributed by atoms with Crippen molar-refractivity contribution < 1.29 is 9.32 Å². The van der Waals surface area contributed by atoms with Gasteiger partial charge in [0.15, 0.2) is 0 Å². The molecule has 0 saturated carbocycles. The van der Waals surface area contributed by atoms with Gasteiger partial charge in [-0.15, -0.1) is 0 Å². The van der Waals surface area contributed by atoms with Crippen LogP contribution in [0.15, 0.2) is 35.1 Å². The van der Waals surface area contributed by atoms with E-state index in [9.17, 15) is 4.79 Å². The Morgan fingerprint density at radius 2 is 1.82 bits per heavy atom. The Balaban J connectivity index is 1.14. The summed E-state index contributed by atoms with van der Waals surface area (Å²) in [6.45, 7) is 5.65. The minimum Gasteiger partial charge on any atom is -0.357 e. The molecule has 2 aliphatic rings. The van der Waals surface area contributed by atoms with Crippen molar-refractivity contribution in [3.63, 3.8) is 0 Å². The van der Waals surface area contributed by atoms with Crippen molar-refractivity contribution in [2.24, 2.45) is 0 Å². The summed E-state index contributed by atoms with van der Waals surface area (Å²) in [5, 5.41) is 4.01. The lowest BCUT2D eigenvalue weighted by molar-refractivity contribution is -0.132. The Hall–Kier alpha value is -3.36. The molecule has 9 heteroatoms. The number of hydrogen-bond donors (Lipinski definition) is 0. The summed E-state index contributed by atoms with van der Waals surface area (Å²) >= 11 is 0. The van der Waals surface area contributed by atoms with Crippen molar-refractivity contribution >= 4 is 11.7 Å². The number of aromatic nitrogens is 5. The molecule has 5 heterocycles. The van der Waals surface area contributed by atoms with Crippen molar-refractivity contribution in [2.45, 2.75) is 51.4 Å². The fraction of sp³-hybridized carbons (Fsp3) is 0.500. The molecule has 0 aromatic carbocycles. The minimum atomic E-state index is 0.125. The molecule has 0 bridgehead atoms. The molecular formula is C24H29N7O2. The maximum Gasteiger partial charge on any atom is 0.227 e. The van der Waals surface area contributed by atoms with Crippen LogP contribution < -0.4 is 4.90 Å². The first-order chi connectivity index (χ1) is 16.2. The SMILES string of the molecule is Cc1cc(N2CCCC2)nc(C2CCN(C(=O)CCc3nc(-c4ccncc4)no3)CC2)n1. The van der Waals surface area contributed by atoms with Crippen LogP contribution in [0.2, 0.25) is 0 Å². The fourth-order valence-electron chi connectivity index (χ4n) is 4.60. The summed E-state index contributed by atoms with van der Waals surface area (Å²) < 4.78 is 5.32. The van der Waals surface area contributed by atoms with E-state index in [0.29, 0.717) is 30.5 Å². The van der Waals surface area contributed by atoms with Crippen LogP contribution >= 0.6 is 0 Å². The highest BCUT2D eigenvalue weighted by Gasteiger charge is 2.27. The maximum absolute atomic E-state index is 12.8. The summed E-state index contributed by atoms with van der Waals surface area (Å²) in [6, 6.07) is 5.75. The lowest BCUT2D eigenvalue weighted by Gasteiger charge is -2.31. The Morgan fingerprint density at radius 3 is 2.58 bits per heavy atom. The van der Waals surface area contributed by atoms with Crippen LogP contribution in [0.3, 0.4) is 0 Å². The number of likely N-dealkylation sites (tertiary alicyclic amines) is 1. The third-order valence-corrected chi connectivity index (χ3v) is 6.46. The number of carbonyl (C=O) groups excluding carboxylic acids is 1. The highest BCUT2D eigenvalue weighted by Crippen LogP contribution is 2.28. The lowest BCUT2D eigenvalue weighted by atomic mass is 9.95. The Kier molecular flexibility index (Phi) is 6.28. The molecule has 2 saturated heterocycles. The molecule has 0 radical (unpaired) electrons. The van der Waals surface area contributed by atoms with Crippen LogP contribution in [0.5, 0.6) is 0 Å². The van der Waals surface area contributed by atoms with Crippen LogP contribution in [-0.4, -0.2) is 62.1 Å². The number of carbonyl (C=O) groups is 1. The molecule has 172 valence electrons.